The van der Waals surface area contributed by atoms with Gasteiger partial charge in [0.2, 0.25) is 11.8 Å². The Hall–Kier alpha value is -1.88. The number of hydrogen-bond acceptors (Lipinski definition) is 3. The van der Waals surface area contributed by atoms with Gasteiger partial charge in [-0.1, -0.05) is 24.3 Å². The third kappa shape index (κ3) is 4.40. The van der Waals surface area contributed by atoms with E-state index in [9.17, 15) is 14.7 Å². The van der Waals surface area contributed by atoms with Gasteiger partial charge in [-0.05, 0) is 49.1 Å². The van der Waals surface area contributed by atoms with E-state index in [1.54, 1.807) is 16.8 Å². The zero-order chi connectivity index (χ0) is 17.8. The predicted molar refractivity (Wildman–Crippen MR) is 96.2 cm³/mol. The number of benzene rings is 1. The van der Waals surface area contributed by atoms with Crippen LogP contribution in [0.4, 0.5) is 0 Å². The molecule has 1 heterocycles. The molecule has 1 aromatic carbocycles. The molecule has 1 atom stereocenters. The summed E-state index contributed by atoms with van der Waals surface area (Å²) in [7, 11) is 1.72. The number of hydrogen-bond donors (Lipinski definition) is 1. The van der Waals surface area contributed by atoms with Crippen molar-refractivity contribution in [2.75, 3.05) is 26.7 Å². The van der Waals surface area contributed by atoms with Crippen LogP contribution in [0.15, 0.2) is 24.3 Å². The van der Waals surface area contributed by atoms with E-state index in [4.69, 9.17) is 0 Å². The first-order valence-electron chi connectivity index (χ1n) is 9.32. The van der Waals surface area contributed by atoms with Crippen molar-refractivity contribution in [1.82, 2.24) is 9.80 Å². The van der Waals surface area contributed by atoms with E-state index in [0.717, 1.165) is 19.3 Å². The molecule has 1 N–H and O–H groups in total. The number of fused-ring (bicyclic) bond motifs is 1. The molecule has 1 unspecified atom stereocenters. The third-order valence-corrected chi connectivity index (χ3v) is 5.53. The fourth-order valence-corrected chi connectivity index (χ4v) is 3.94. The Labute approximate surface area is 149 Å². The fraction of sp³-hybridized carbons (Fsp3) is 0.600. The quantitative estimate of drug-likeness (QED) is 0.908. The molecule has 1 aromatic rings. The number of carbonyl (C=O) groups is 2. The number of aliphatic hydroxyl groups excluding tert-OH is 1. The number of amides is 2. The number of likely N-dealkylation sites (tertiary alicyclic amines) is 1. The molecule has 0 bridgehead atoms. The summed E-state index contributed by atoms with van der Waals surface area (Å²) < 4.78 is 0. The molecule has 0 spiro atoms. The van der Waals surface area contributed by atoms with Crippen molar-refractivity contribution in [3.8, 4) is 0 Å². The lowest BCUT2D eigenvalue weighted by Gasteiger charge is -2.31. The van der Waals surface area contributed by atoms with Gasteiger partial charge in [0.15, 0.2) is 0 Å². The third-order valence-electron chi connectivity index (χ3n) is 5.53. The Morgan fingerprint density at radius 3 is 2.68 bits per heavy atom. The maximum atomic E-state index is 12.6. The van der Waals surface area contributed by atoms with Crippen LogP contribution in [-0.2, 0) is 16.0 Å². The number of aliphatic hydroxyl groups is 1. The van der Waals surface area contributed by atoms with Gasteiger partial charge in [-0.15, -0.1) is 0 Å². The second-order valence-corrected chi connectivity index (χ2v) is 7.35. The Bertz CT molecular complexity index is 623. The van der Waals surface area contributed by atoms with Crippen LogP contribution in [0.3, 0.4) is 0 Å². The van der Waals surface area contributed by atoms with Crippen molar-refractivity contribution in [2.24, 2.45) is 0 Å². The molecule has 1 aliphatic heterocycles. The van der Waals surface area contributed by atoms with Crippen LogP contribution in [0.1, 0.15) is 49.1 Å². The molecule has 0 saturated carbocycles. The summed E-state index contributed by atoms with van der Waals surface area (Å²) in [4.78, 5) is 28.3. The second-order valence-electron chi connectivity index (χ2n) is 7.35. The number of piperidine rings is 1. The highest BCUT2D eigenvalue weighted by atomic mass is 16.3. The lowest BCUT2D eigenvalue weighted by molar-refractivity contribution is -0.140. The molecule has 0 radical (unpaired) electrons. The second kappa shape index (κ2) is 8.00. The van der Waals surface area contributed by atoms with Gasteiger partial charge in [0.1, 0.15) is 0 Å². The molecular weight excluding hydrogens is 316 g/mol. The summed E-state index contributed by atoms with van der Waals surface area (Å²) in [5.41, 5.74) is 2.66. The van der Waals surface area contributed by atoms with Crippen LogP contribution in [-0.4, -0.2) is 59.5 Å². The predicted octanol–water partition coefficient (Wildman–Crippen LogP) is 1.94. The summed E-state index contributed by atoms with van der Waals surface area (Å²) in [6.45, 7) is 1.29. The maximum absolute atomic E-state index is 12.6. The zero-order valence-corrected chi connectivity index (χ0v) is 15.0. The first-order chi connectivity index (χ1) is 12.0. The Balaban J connectivity index is 1.54. The number of likely N-dealkylation sites (N-methyl/N-ethyl adjacent to an activating group) is 1. The van der Waals surface area contributed by atoms with E-state index >= 15 is 0 Å². The van der Waals surface area contributed by atoms with Gasteiger partial charge in [-0.2, -0.15) is 0 Å². The van der Waals surface area contributed by atoms with Gasteiger partial charge >= 0.3 is 0 Å². The van der Waals surface area contributed by atoms with Gasteiger partial charge in [0, 0.05) is 26.6 Å². The minimum Gasteiger partial charge on any atom is -0.393 e. The molecule has 1 fully saturated rings. The van der Waals surface area contributed by atoms with Crippen molar-refractivity contribution < 1.29 is 14.7 Å². The van der Waals surface area contributed by atoms with Crippen LogP contribution < -0.4 is 0 Å². The smallest absolute Gasteiger partial charge is 0.242 e. The minimum atomic E-state index is -0.296. The van der Waals surface area contributed by atoms with Crippen LogP contribution in [0.5, 0.6) is 0 Å². The summed E-state index contributed by atoms with van der Waals surface area (Å²) >= 11 is 0. The van der Waals surface area contributed by atoms with Crippen molar-refractivity contribution in [3.05, 3.63) is 35.4 Å². The molecule has 5 nitrogen and oxygen atoms in total. The van der Waals surface area contributed by atoms with Crippen molar-refractivity contribution in [2.45, 2.75) is 50.5 Å². The van der Waals surface area contributed by atoms with Gasteiger partial charge in [-0.25, -0.2) is 0 Å². The lowest BCUT2D eigenvalue weighted by atomic mass is 9.81. The van der Waals surface area contributed by atoms with E-state index < -0.39 is 0 Å². The highest BCUT2D eigenvalue weighted by Crippen LogP contribution is 2.34. The average Bonchev–Trinajstić information content (AvgIpc) is 2.62. The average molecular weight is 344 g/mol. The van der Waals surface area contributed by atoms with E-state index in [1.807, 2.05) is 6.07 Å². The molecule has 25 heavy (non-hydrogen) atoms. The molecule has 0 aromatic heterocycles. The topological polar surface area (TPSA) is 60.9 Å². The molecule has 5 heteroatoms. The van der Waals surface area contributed by atoms with Crippen molar-refractivity contribution in [1.29, 1.82) is 0 Å². The Morgan fingerprint density at radius 2 is 1.92 bits per heavy atom. The van der Waals surface area contributed by atoms with Crippen LogP contribution in [0.25, 0.3) is 0 Å². The minimum absolute atomic E-state index is 0.0215. The van der Waals surface area contributed by atoms with Crippen molar-refractivity contribution >= 4 is 11.8 Å². The number of aryl methyl sites for hydroxylation is 1. The van der Waals surface area contributed by atoms with E-state index in [1.165, 1.54) is 11.1 Å². The summed E-state index contributed by atoms with van der Waals surface area (Å²) in [6.07, 6.45) is 4.68. The van der Waals surface area contributed by atoms with Gasteiger partial charge < -0.3 is 14.9 Å². The molecule has 1 saturated heterocycles. The summed E-state index contributed by atoms with van der Waals surface area (Å²) in [5.74, 6) is 0.277. The van der Waals surface area contributed by atoms with Crippen LogP contribution >= 0.6 is 0 Å². The normalized spacial score (nSPS) is 20.9. The summed E-state index contributed by atoms with van der Waals surface area (Å²) in [5, 5.41) is 9.54. The highest BCUT2D eigenvalue weighted by molar-refractivity contribution is 5.85. The Kier molecular flexibility index (Phi) is 5.74. The van der Waals surface area contributed by atoms with Gasteiger partial charge in [0.25, 0.3) is 0 Å². The SMILES string of the molecule is CN(CC(=O)N1CCC(O)CC1)C(=O)CC1CCCc2ccccc21. The molecule has 3 rings (SSSR count). The number of nitrogens with zero attached hydrogens (tertiary/aromatic N) is 2. The molecule has 136 valence electrons. The largest absolute Gasteiger partial charge is 0.393 e. The van der Waals surface area contributed by atoms with Crippen LogP contribution in [0, 0.1) is 0 Å². The van der Waals surface area contributed by atoms with Crippen LogP contribution in [0.2, 0.25) is 0 Å². The summed E-state index contributed by atoms with van der Waals surface area (Å²) in [6, 6.07) is 8.39. The molecule has 2 aliphatic rings. The zero-order valence-electron chi connectivity index (χ0n) is 15.0. The first kappa shape index (κ1) is 17.9. The van der Waals surface area contributed by atoms with Crippen molar-refractivity contribution in [3.63, 3.8) is 0 Å². The molecular formula is C20H28N2O3. The number of rotatable bonds is 4. The maximum Gasteiger partial charge on any atom is 0.242 e. The Morgan fingerprint density at radius 1 is 1.20 bits per heavy atom. The highest BCUT2D eigenvalue weighted by Gasteiger charge is 2.26. The number of carbonyl (C=O) groups excluding carboxylic acids is 2. The first-order valence-corrected chi connectivity index (χ1v) is 9.32. The van der Waals surface area contributed by atoms with Gasteiger partial charge in [-0.3, -0.25) is 9.59 Å². The monoisotopic (exact) mass is 344 g/mol. The molecule has 1 aliphatic carbocycles. The lowest BCUT2D eigenvalue weighted by Crippen LogP contribution is -2.45. The van der Waals surface area contributed by atoms with Gasteiger partial charge in [0.05, 0.1) is 12.6 Å². The standard InChI is InChI=1S/C20H28N2O3/c1-21(14-20(25)22-11-9-17(23)10-12-22)19(24)13-16-7-4-6-15-5-2-3-8-18(15)16/h2-3,5,8,16-17,23H,4,6-7,9-14H2,1H3. The van der Waals surface area contributed by atoms with E-state index in [2.05, 4.69) is 18.2 Å². The fourth-order valence-electron chi connectivity index (χ4n) is 3.94. The molecule has 2 amide bonds. The van der Waals surface area contributed by atoms with E-state index in [0.29, 0.717) is 32.4 Å². The van der Waals surface area contributed by atoms with E-state index in [-0.39, 0.29) is 30.4 Å².